The third-order valence-corrected chi connectivity index (χ3v) is 4.92. The number of methoxy groups -OCH3 is 1. The van der Waals surface area contributed by atoms with Crippen molar-refractivity contribution in [2.45, 2.75) is 25.2 Å². The summed E-state index contributed by atoms with van der Waals surface area (Å²) in [4.78, 5) is 0. The molecule has 2 fully saturated rings. The number of hydrogen-bond donors (Lipinski definition) is 1. The molecule has 2 saturated carbocycles. The smallest absolute Gasteiger partial charge is 0.118 e. The van der Waals surface area contributed by atoms with Crippen LogP contribution in [-0.2, 0) is 0 Å². The Kier molecular flexibility index (Phi) is 4.18. The Morgan fingerprint density at radius 2 is 1.83 bits per heavy atom. The third-order valence-electron chi connectivity index (χ3n) is 4.92. The highest BCUT2D eigenvalue weighted by atomic mass is 35.5. The van der Waals surface area contributed by atoms with E-state index < -0.39 is 0 Å². The zero-order chi connectivity index (χ0) is 11.8. The monoisotopic (exact) mass is 267 g/mol. The van der Waals surface area contributed by atoms with Gasteiger partial charge in [0.25, 0.3) is 0 Å². The van der Waals surface area contributed by atoms with E-state index >= 15 is 0 Å². The molecule has 1 aromatic rings. The van der Waals surface area contributed by atoms with Gasteiger partial charge < -0.3 is 22.9 Å². The summed E-state index contributed by atoms with van der Waals surface area (Å²) in [5, 5.41) is 0. The molecular weight excluding hydrogens is 246 g/mol. The fourth-order valence-corrected chi connectivity index (χ4v) is 4.17. The fourth-order valence-electron chi connectivity index (χ4n) is 4.17. The maximum atomic E-state index is 5.23. The van der Waals surface area contributed by atoms with E-state index in [0.717, 1.165) is 36.0 Å². The molecule has 100 valence electrons. The van der Waals surface area contributed by atoms with Crippen molar-refractivity contribution < 1.29 is 22.9 Å². The molecule has 2 bridgehead atoms. The van der Waals surface area contributed by atoms with Crippen molar-refractivity contribution in [1.29, 1.82) is 0 Å². The molecule has 0 unspecified atom stereocenters. The van der Waals surface area contributed by atoms with E-state index in [4.69, 9.17) is 4.74 Å². The van der Waals surface area contributed by atoms with E-state index in [1.54, 1.807) is 7.11 Å². The van der Waals surface area contributed by atoms with Gasteiger partial charge in [-0.05, 0) is 54.7 Å². The van der Waals surface area contributed by atoms with Crippen molar-refractivity contribution in [2.24, 2.45) is 17.8 Å². The third kappa shape index (κ3) is 2.12. The Bertz CT molecular complexity index is 392. The van der Waals surface area contributed by atoms with E-state index in [1.165, 1.54) is 24.8 Å². The lowest BCUT2D eigenvalue weighted by Crippen LogP contribution is -3.00. The standard InChI is InChI=1S/C15H21NO.ClH/c1-17-13-6-4-10(5-7-13)15-12-3-2-11(8-12)14(15)9-16;/h4-7,11-12,14-15H,2-3,8-9,16H2,1H3;1H/t11-,12+,14-,15+;/m1./s1. The summed E-state index contributed by atoms with van der Waals surface area (Å²) in [6.07, 6.45) is 4.31. The van der Waals surface area contributed by atoms with Crippen LogP contribution in [0.4, 0.5) is 0 Å². The number of rotatable bonds is 3. The summed E-state index contributed by atoms with van der Waals surface area (Å²) in [6.45, 7) is 1.10. The second-order valence-electron chi connectivity index (χ2n) is 5.58. The second kappa shape index (κ2) is 5.50. The SMILES string of the molecule is COc1ccc([C@H]2[C@H]3CC[C@H](C3)[C@H]2C[NH3+])cc1.[Cl-]. The molecule has 0 spiro atoms. The van der Waals surface area contributed by atoms with Crippen LogP contribution in [0.15, 0.2) is 24.3 Å². The summed E-state index contributed by atoms with van der Waals surface area (Å²) in [5.74, 6) is 4.41. The molecule has 0 radical (unpaired) electrons. The maximum absolute atomic E-state index is 5.23. The summed E-state index contributed by atoms with van der Waals surface area (Å²) in [6, 6.07) is 8.71. The maximum Gasteiger partial charge on any atom is 0.118 e. The highest BCUT2D eigenvalue weighted by Crippen LogP contribution is 2.56. The Balaban J connectivity index is 0.00000120. The lowest BCUT2D eigenvalue weighted by Gasteiger charge is -2.29. The first-order chi connectivity index (χ1) is 8.33. The van der Waals surface area contributed by atoms with Crippen LogP contribution in [0.1, 0.15) is 30.7 Å². The summed E-state index contributed by atoms with van der Waals surface area (Å²) < 4.78 is 5.23. The van der Waals surface area contributed by atoms with Gasteiger partial charge in [0.2, 0.25) is 0 Å². The number of ether oxygens (including phenoxy) is 1. The molecule has 3 heteroatoms. The molecule has 0 amide bonds. The minimum absolute atomic E-state index is 0. The molecule has 2 aliphatic rings. The quantitative estimate of drug-likeness (QED) is 0.755. The van der Waals surface area contributed by atoms with Crippen LogP contribution in [0.3, 0.4) is 0 Å². The van der Waals surface area contributed by atoms with E-state index in [9.17, 15) is 0 Å². The van der Waals surface area contributed by atoms with E-state index in [1.807, 2.05) is 0 Å². The molecule has 0 aromatic heterocycles. The largest absolute Gasteiger partial charge is 1.00 e. The van der Waals surface area contributed by atoms with Crippen molar-refractivity contribution >= 4 is 0 Å². The van der Waals surface area contributed by atoms with E-state index in [-0.39, 0.29) is 12.4 Å². The zero-order valence-electron chi connectivity index (χ0n) is 10.9. The molecular formula is C15H22ClNO. The van der Waals surface area contributed by atoms with Crippen LogP contribution in [0.2, 0.25) is 0 Å². The minimum Gasteiger partial charge on any atom is -1.00 e. The Morgan fingerprint density at radius 3 is 2.44 bits per heavy atom. The second-order valence-corrected chi connectivity index (χ2v) is 5.58. The minimum atomic E-state index is 0. The van der Waals surface area contributed by atoms with Gasteiger partial charge in [-0.2, -0.15) is 0 Å². The van der Waals surface area contributed by atoms with Gasteiger partial charge in [0, 0.05) is 5.92 Å². The average Bonchev–Trinajstić information content (AvgIpc) is 2.98. The predicted octanol–water partition coefficient (Wildman–Crippen LogP) is -0.929. The lowest BCUT2D eigenvalue weighted by atomic mass is 9.75. The normalized spacial score (nSPS) is 33.2. The fraction of sp³-hybridized carbons (Fsp3) is 0.600. The summed E-state index contributed by atoms with van der Waals surface area (Å²) in [7, 11) is 1.73. The van der Waals surface area contributed by atoms with Crippen LogP contribution in [0.25, 0.3) is 0 Å². The number of hydrogen-bond acceptors (Lipinski definition) is 1. The lowest BCUT2D eigenvalue weighted by molar-refractivity contribution is -0.382. The summed E-state index contributed by atoms with van der Waals surface area (Å²) in [5.41, 5.74) is 5.68. The molecule has 2 aliphatic carbocycles. The number of quaternary nitrogens is 1. The van der Waals surface area contributed by atoms with E-state index in [2.05, 4.69) is 30.0 Å². The Labute approximate surface area is 115 Å². The first-order valence-corrected chi connectivity index (χ1v) is 6.76. The van der Waals surface area contributed by atoms with Gasteiger partial charge in [-0.3, -0.25) is 0 Å². The van der Waals surface area contributed by atoms with Gasteiger partial charge in [-0.1, -0.05) is 12.1 Å². The van der Waals surface area contributed by atoms with Gasteiger partial charge in [-0.25, -0.2) is 0 Å². The molecule has 3 N–H and O–H groups in total. The van der Waals surface area contributed by atoms with Crippen LogP contribution in [-0.4, -0.2) is 13.7 Å². The van der Waals surface area contributed by atoms with Crippen LogP contribution >= 0.6 is 0 Å². The topological polar surface area (TPSA) is 36.9 Å². The number of fused-ring (bicyclic) bond motifs is 2. The molecule has 0 saturated heterocycles. The average molecular weight is 268 g/mol. The number of halogens is 1. The highest BCUT2D eigenvalue weighted by Gasteiger charge is 2.48. The van der Waals surface area contributed by atoms with Gasteiger partial charge in [0.15, 0.2) is 0 Å². The van der Waals surface area contributed by atoms with Crippen LogP contribution < -0.4 is 22.9 Å². The van der Waals surface area contributed by atoms with Crippen LogP contribution in [0.5, 0.6) is 5.75 Å². The van der Waals surface area contributed by atoms with Crippen molar-refractivity contribution in [3.8, 4) is 5.75 Å². The first kappa shape index (κ1) is 13.7. The molecule has 3 rings (SSSR count). The molecule has 0 aliphatic heterocycles. The van der Waals surface area contributed by atoms with E-state index in [0.29, 0.717) is 0 Å². The van der Waals surface area contributed by atoms with Crippen molar-refractivity contribution in [1.82, 2.24) is 0 Å². The molecule has 1 aromatic carbocycles. The van der Waals surface area contributed by atoms with Gasteiger partial charge in [0.05, 0.1) is 13.7 Å². The van der Waals surface area contributed by atoms with Crippen molar-refractivity contribution in [3.05, 3.63) is 29.8 Å². The zero-order valence-corrected chi connectivity index (χ0v) is 11.7. The number of benzene rings is 1. The Morgan fingerprint density at radius 1 is 1.17 bits per heavy atom. The van der Waals surface area contributed by atoms with Crippen LogP contribution in [0, 0.1) is 17.8 Å². The summed E-state index contributed by atoms with van der Waals surface area (Å²) >= 11 is 0. The van der Waals surface area contributed by atoms with Crippen molar-refractivity contribution in [3.63, 3.8) is 0 Å². The van der Waals surface area contributed by atoms with Gasteiger partial charge >= 0.3 is 0 Å². The first-order valence-electron chi connectivity index (χ1n) is 6.76. The van der Waals surface area contributed by atoms with Gasteiger partial charge in [-0.15, -0.1) is 0 Å². The van der Waals surface area contributed by atoms with Gasteiger partial charge in [0.1, 0.15) is 5.75 Å². The van der Waals surface area contributed by atoms with Crippen molar-refractivity contribution in [2.75, 3.05) is 13.7 Å². The molecule has 2 nitrogen and oxygen atoms in total. The highest BCUT2D eigenvalue weighted by molar-refractivity contribution is 5.31. The molecule has 0 heterocycles. The molecule has 4 atom stereocenters. The Hall–Kier alpha value is -0.730. The molecule has 18 heavy (non-hydrogen) atoms. The predicted molar refractivity (Wildman–Crippen MR) is 67.8 cm³/mol.